The third kappa shape index (κ3) is 5.04. The number of nitrogens with zero attached hydrogens (tertiary/aromatic N) is 6. The molecule has 0 saturated carbocycles. The lowest BCUT2D eigenvalue weighted by Gasteiger charge is -2.24. The minimum absolute atomic E-state index is 0.150. The van der Waals surface area contributed by atoms with Crippen LogP contribution in [0, 0.1) is 11.3 Å². The number of hydrogen-bond donors (Lipinski definition) is 2. The zero-order chi connectivity index (χ0) is 26.9. The van der Waals surface area contributed by atoms with E-state index < -0.39 is 13.0 Å². The van der Waals surface area contributed by atoms with E-state index in [9.17, 15) is 18.8 Å². The molecule has 3 aromatic rings. The highest BCUT2D eigenvalue weighted by atomic mass is 19.3. The summed E-state index contributed by atoms with van der Waals surface area (Å²) in [7, 11) is 0. The maximum Gasteiger partial charge on any atom is 0.272 e. The Morgan fingerprint density at radius 2 is 1.90 bits per heavy atom. The van der Waals surface area contributed by atoms with Crippen LogP contribution < -0.4 is 15.4 Å². The molecule has 2 N–H and O–H groups in total. The third-order valence-corrected chi connectivity index (χ3v) is 7.54. The van der Waals surface area contributed by atoms with Crippen molar-refractivity contribution in [2.45, 2.75) is 63.1 Å². The van der Waals surface area contributed by atoms with Crippen LogP contribution in [0.3, 0.4) is 0 Å². The molecule has 204 valence electrons. The number of pyridine rings is 1. The van der Waals surface area contributed by atoms with Gasteiger partial charge >= 0.3 is 0 Å². The summed E-state index contributed by atoms with van der Waals surface area (Å²) < 4.78 is 38.3. The van der Waals surface area contributed by atoms with Gasteiger partial charge in [0.25, 0.3) is 12.3 Å². The topological polar surface area (TPSA) is 130 Å². The maximum atomic E-state index is 13.4. The van der Waals surface area contributed by atoms with Gasteiger partial charge < -0.3 is 25.0 Å². The lowest BCUT2D eigenvalue weighted by molar-refractivity contribution is 0.0684. The Hall–Kier alpha value is -4.05. The zero-order valence-corrected chi connectivity index (χ0v) is 21.1. The number of anilines is 3. The van der Waals surface area contributed by atoms with E-state index in [1.165, 1.54) is 10.7 Å². The summed E-state index contributed by atoms with van der Waals surface area (Å²) in [5, 5.41) is 20.6. The monoisotopic (exact) mass is 538 g/mol. The number of aromatic nitrogens is 4. The molecule has 11 nitrogen and oxygen atoms in total. The molecular formula is C26H28F2N8O3. The van der Waals surface area contributed by atoms with Crippen molar-refractivity contribution in [2.75, 3.05) is 30.5 Å². The van der Waals surface area contributed by atoms with Gasteiger partial charge in [-0.25, -0.2) is 13.8 Å². The van der Waals surface area contributed by atoms with Gasteiger partial charge in [0, 0.05) is 37.4 Å². The summed E-state index contributed by atoms with van der Waals surface area (Å²) in [5.41, 5.74) is 1.29. The minimum Gasteiger partial charge on any atom is -0.471 e. The first kappa shape index (κ1) is 25.2. The fourth-order valence-corrected chi connectivity index (χ4v) is 5.70. The average molecular weight is 539 g/mol. The van der Waals surface area contributed by atoms with Crippen molar-refractivity contribution in [1.82, 2.24) is 24.5 Å². The van der Waals surface area contributed by atoms with Crippen LogP contribution in [0.5, 0.6) is 5.88 Å². The molecule has 0 atom stereocenters. The van der Waals surface area contributed by atoms with Crippen molar-refractivity contribution in [2.24, 2.45) is 0 Å². The van der Waals surface area contributed by atoms with Crippen molar-refractivity contribution in [3.63, 3.8) is 0 Å². The van der Waals surface area contributed by atoms with Crippen LogP contribution in [0.2, 0.25) is 0 Å². The van der Waals surface area contributed by atoms with Gasteiger partial charge in [0.2, 0.25) is 5.88 Å². The standard InChI is InChI=1S/C26H28F2N8O3/c27-21(28)14-39-25-19(26(37)35-16-1-2-17(35)4-3-16)5-6-22(33-25)32-20-11-23(31-15-7-9-38-10-8-15)34-36-18(12-29)13-30-24(20)36/h5-6,11,13,15-17,21H,1-4,7-10,14H2,(H,31,34)(H,32,33). The number of amides is 1. The molecule has 0 radical (unpaired) electrons. The van der Waals surface area contributed by atoms with E-state index in [0.29, 0.717) is 30.4 Å². The molecule has 3 aliphatic rings. The first-order chi connectivity index (χ1) is 19.0. The van der Waals surface area contributed by atoms with Gasteiger partial charge in [0.1, 0.15) is 23.3 Å². The molecule has 0 aromatic carbocycles. The number of alkyl halides is 2. The third-order valence-electron chi connectivity index (χ3n) is 7.54. The highest BCUT2D eigenvalue weighted by Gasteiger charge is 2.43. The Balaban J connectivity index is 1.32. The summed E-state index contributed by atoms with van der Waals surface area (Å²) in [6.07, 6.45) is 4.14. The Kier molecular flexibility index (Phi) is 6.86. The van der Waals surface area contributed by atoms with Crippen molar-refractivity contribution in [1.29, 1.82) is 5.26 Å². The molecule has 3 aliphatic heterocycles. The van der Waals surface area contributed by atoms with Crippen LogP contribution >= 0.6 is 0 Å². The average Bonchev–Trinajstić information content (AvgIpc) is 3.67. The van der Waals surface area contributed by atoms with Gasteiger partial charge in [-0.3, -0.25) is 4.79 Å². The highest BCUT2D eigenvalue weighted by molar-refractivity contribution is 5.97. The Morgan fingerprint density at radius 3 is 2.59 bits per heavy atom. The maximum absolute atomic E-state index is 13.4. The van der Waals surface area contributed by atoms with Gasteiger partial charge in [-0.05, 0) is 50.7 Å². The number of imidazole rings is 1. The second kappa shape index (κ2) is 10.6. The molecule has 3 saturated heterocycles. The number of carbonyl (C=O) groups excluding carboxylic acids is 1. The molecule has 39 heavy (non-hydrogen) atoms. The fraction of sp³-hybridized carbons (Fsp3) is 0.500. The molecule has 0 aliphatic carbocycles. The molecule has 1 amide bonds. The predicted octanol–water partition coefficient (Wildman–Crippen LogP) is 3.74. The second-order valence-corrected chi connectivity index (χ2v) is 10.0. The Bertz CT molecular complexity index is 1400. The smallest absolute Gasteiger partial charge is 0.272 e. The molecule has 0 spiro atoms. The zero-order valence-electron chi connectivity index (χ0n) is 21.1. The van der Waals surface area contributed by atoms with Gasteiger partial charge in [0.05, 0.1) is 11.9 Å². The first-order valence-corrected chi connectivity index (χ1v) is 13.1. The van der Waals surface area contributed by atoms with Gasteiger partial charge in [-0.1, -0.05) is 0 Å². The summed E-state index contributed by atoms with van der Waals surface area (Å²) in [4.78, 5) is 24.0. The minimum atomic E-state index is -2.72. The van der Waals surface area contributed by atoms with Crippen molar-refractivity contribution in [3.8, 4) is 11.9 Å². The quantitative estimate of drug-likeness (QED) is 0.440. The number of carbonyl (C=O) groups is 1. The highest BCUT2D eigenvalue weighted by Crippen LogP contribution is 2.39. The molecule has 2 bridgehead atoms. The number of fused-ring (bicyclic) bond motifs is 3. The number of halogens is 2. The molecule has 0 unspecified atom stereocenters. The summed E-state index contributed by atoms with van der Waals surface area (Å²) in [6.45, 7) is 0.414. The molecular weight excluding hydrogens is 510 g/mol. The van der Waals surface area contributed by atoms with E-state index in [0.717, 1.165) is 38.5 Å². The summed E-state index contributed by atoms with van der Waals surface area (Å²) in [6, 6.07) is 7.50. The number of hydrogen-bond acceptors (Lipinski definition) is 9. The Morgan fingerprint density at radius 1 is 1.15 bits per heavy atom. The second-order valence-electron chi connectivity index (χ2n) is 10.0. The fourth-order valence-electron chi connectivity index (χ4n) is 5.70. The van der Waals surface area contributed by atoms with E-state index >= 15 is 0 Å². The van der Waals surface area contributed by atoms with Crippen molar-refractivity contribution >= 4 is 28.9 Å². The SMILES string of the molecule is N#Cc1cnc2c(Nc3ccc(C(=O)N4C5CCC4CC5)c(OCC(F)F)n3)cc(NC3CCOCC3)nn12. The number of nitrogens with one attached hydrogen (secondary N) is 2. The molecule has 3 fully saturated rings. The number of rotatable bonds is 8. The Labute approximate surface area is 223 Å². The van der Waals surface area contributed by atoms with E-state index in [2.05, 4.69) is 31.8 Å². The first-order valence-electron chi connectivity index (χ1n) is 13.1. The van der Waals surface area contributed by atoms with Crippen LogP contribution in [-0.4, -0.2) is 74.8 Å². The molecule has 6 rings (SSSR count). The van der Waals surface area contributed by atoms with E-state index in [1.807, 2.05) is 4.90 Å². The van der Waals surface area contributed by atoms with E-state index in [4.69, 9.17) is 9.47 Å². The largest absolute Gasteiger partial charge is 0.471 e. The van der Waals surface area contributed by atoms with Crippen LogP contribution in [0.4, 0.5) is 26.1 Å². The molecule has 6 heterocycles. The predicted molar refractivity (Wildman–Crippen MR) is 136 cm³/mol. The van der Waals surface area contributed by atoms with Crippen LogP contribution in [0.1, 0.15) is 54.6 Å². The lowest BCUT2D eigenvalue weighted by atomic mass is 10.0. The van der Waals surface area contributed by atoms with Gasteiger partial charge in [-0.15, -0.1) is 5.10 Å². The van der Waals surface area contributed by atoms with Crippen molar-refractivity contribution in [3.05, 3.63) is 35.7 Å². The van der Waals surface area contributed by atoms with Crippen molar-refractivity contribution < 1.29 is 23.0 Å². The molecule has 3 aromatic heterocycles. The summed E-state index contributed by atoms with van der Waals surface area (Å²) in [5.74, 6) is 0.400. The van der Waals surface area contributed by atoms with E-state index in [-0.39, 0.29) is 47.0 Å². The van der Waals surface area contributed by atoms with Crippen LogP contribution in [-0.2, 0) is 4.74 Å². The van der Waals surface area contributed by atoms with Gasteiger partial charge in [0.15, 0.2) is 17.9 Å². The van der Waals surface area contributed by atoms with Crippen LogP contribution in [0.25, 0.3) is 5.65 Å². The lowest BCUT2D eigenvalue weighted by Crippen LogP contribution is -2.35. The summed E-state index contributed by atoms with van der Waals surface area (Å²) >= 11 is 0. The van der Waals surface area contributed by atoms with Crippen LogP contribution in [0.15, 0.2) is 24.4 Å². The number of ether oxygens (including phenoxy) is 2. The van der Waals surface area contributed by atoms with Gasteiger partial charge in [-0.2, -0.15) is 14.8 Å². The number of nitriles is 1. The normalized spacial score (nSPS) is 20.9. The molecule has 13 heteroatoms. The van der Waals surface area contributed by atoms with E-state index in [1.54, 1.807) is 18.2 Å².